The van der Waals surface area contributed by atoms with Crippen molar-refractivity contribution in [2.45, 2.75) is 25.8 Å². The van der Waals surface area contributed by atoms with Gasteiger partial charge in [0.1, 0.15) is 0 Å². The van der Waals surface area contributed by atoms with Gasteiger partial charge in [0.25, 0.3) is 0 Å². The van der Waals surface area contributed by atoms with E-state index < -0.39 is 0 Å². The number of fused-ring (bicyclic) bond motifs is 2. The fourth-order valence-electron chi connectivity index (χ4n) is 3.16. The van der Waals surface area contributed by atoms with Crippen molar-refractivity contribution in [3.63, 3.8) is 0 Å². The summed E-state index contributed by atoms with van der Waals surface area (Å²) in [5.74, 6) is 0. The summed E-state index contributed by atoms with van der Waals surface area (Å²) >= 11 is 6.45. The number of aromatic nitrogens is 1. The third-order valence-electron chi connectivity index (χ3n) is 4.28. The summed E-state index contributed by atoms with van der Waals surface area (Å²) < 4.78 is 0. The first-order valence-electron chi connectivity index (χ1n) is 7.42. The molecular formula is C18H17ClN2. The van der Waals surface area contributed by atoms with Crippen LogP contribution in [-0.2, 0) is 19.4 Å². The molecule has 106 valence electrons. The Hall–Kier alpha value is -1.93. The number of aromatic amines is 1. The van der Waals surface area contributed by atoms with Gasteiger partial charge in [0, 0.05) is 16.6 Å². The van der Waals surface area contributed by atoms with E-state index in [4.69, 9.17) is 11.6 Å². The number of anilines is 1. The predicted octanol–water partition coefficient (Wildman–Crippen LogP) is 4.92. The van der Waals surface area contributed by atoms with E-state index in [0.29, 0.717) is 6.54 Å². The Labute approximate surface area is 129 Å². The molecular weight excluding hydrogens is 280 g/mol. The molecule has 2 N–H and O–H groups in total. The van der Waals surface area contributed by atoms with E-state index in [1.54, 1.807) is 0 Å². The molecule has 2 nitrogen and oxygen atoms in total. The standard InChI is InChI=1S/C18H17ClN2/c19-18-15-6-1-2-7-16(15)21-17(18)11-20-14-9-8-12-4-3-5-13(12)10-14/h1-2,6-10,20-21H,3-5,11H2. The third-order valence-corrected chi connectivity index (χ3v) is 4.71. The molecule has 0 bridgehead atoms. The highest BCUT2D eigenvalue weighted by Crippen LogP contribution is 2.29. The van der Waals surface area contributed by atoms with Gasteiger partial charge in [-0.25, -0.2) is 0 Å². The van der Waals surface area contributed by atoms with E-state index in [0.717, 1.165) is 21.6 Å². The van der Waals surface area contributed by atoms with Gasteiger partial charge in [-0.1, -0.05) is 35.9 Å². The van der Waals surface area contributed by atoms with Crippen molar-refractivity contribution >= 4 is 28.2 Å². The summed E-state index contributed by atoms with van der Waals surface area (Å²) in [4.78, 5) is 3.39. The zero-order valence-electron chi connectivity index (χ0n) is 11.7. The lowest BCUT2D eigenvalue weighted by atomic mass is 10.1. The van der Waals surface area contributed by atoms with Crippen LogP contribution in [0.1, 0.15) is 23.2 Å². The monoisotopic (exact) mass is 296 g/mol. The van der Waals surface area contributed by atoms with Crippen molar-refractivity contribution in [3.8, 4) is 0 Å². The first-order valence-corrected chi connectivity index (χ1v) is 7.80. The fraction of sp³-hybridized carbons (Fsp3) is 0.222. The minimum atomic E-state index is 0.715. The molecule has 1 heterocycles. The van der Waals surface area contributed by atoms with E-state index in [-0.39, 0.29) is 0 Å². The first-order chi connectivity index (χ1) is 10.3. The zero-order chi connectivity index (χ0) is 14.2. The topological polar surface area (TPSA) is 27.8 Å². The second-order valence-electron chi connectivity index (χ2n) is 5.65. The summed E-state index contributed by atoms with van der Waals surface area (Å²) in [5.41, 5.74) is 6.30. The maximum Gasteiger partial charge on any atom is 0.0710 e. The predicted molar refractivity (Wildman–Crippen MR) is 89.1 cm³/mol. The molecule has 0 radical (unpaired) electrons. The van der Waals surface area contributed by atoms with Crippen LogP contribution in [0.5, 0.6) is 0 Å². The highest BCUT2D eigenvalue weighted by atomic mass is 35.5. The molecule has 4 rings (SSSR count). The molecule has 0 unspecified atom stereocenters. The molecule has 0 aliphatic heterocycles. The van der Waals surface area contributed by atoms with Crippen molar-refractivity contribution in [1.82, 2.24) is 4.98 Å². The second kappa shape index (κ2) is 5.12. The molecule has 0 fully saturated rings. The van der Waals surface area contributed by atoms with Gasteiger partial charge in [0.2, 0.25) is 0 Å². The average molecular weight is 297 g/mol. The van der Waals surface area contributed by atoms with Crippen molar-refractivity contribution < 1.29 is 0 Å². The normalized spacial score (nSPS) is 13.6. The summed E-state index contributed by atoms with van der Waals surface area (Å²) in [6, 6.07) is 14.8. The minimum absolute atomic E-state index is 0.715. The summed E-state index contributed by atoms with van der Waals surface area (Å²) in [7, 11) is 0. The molecule has 1 aromatic heterocycles. The van der Waals surface area contributed by atoms with Gasteiger partial charge >= 0.3 is 0 Å². The van der Waals surface area contributed by atoms with Gasteiger partial charge < -0.3 is 10.3 Å². The van der Waals surface area contributed by atoms with Gasteiger partial charge in [-0.3, -0.25) is 0 Å². The van der Waals surface area contributed by atoms with Gasteiger partial charge in [-0.2, -0.15) is 0 Å². The maximum atomic E-state index is 6.45. The highest BCUT2D eigenvalue weighted by molar-refractivity contribution is 6.36. The lowest BCUT2D eigenvalue weighted by Crippen LogP contribution is -2.00. The van der Waals surface area contributed by atoms with E-state index in [2.05, 4.69) is 34.6 Å². The number of hydrogen-bond acceptors (Lipinski definition) is 1. The van der Waals surface area contributed by atoms with Crippen molar-refractivity contribution in [2.24, 2.45) is 0 Å². The number of halogens is 1. The summed E-state index contributed by atoms with van der Waals surface area (Å²) in [6.07, 6.45) is 3.72. The number of rotatable bonds is 3. The van der Waals surface area contributed by atoms with Crippen LogP contribution in [-0.4, -0.2) is 4.98 Å². The smallest absolute Gasteiger partial charge is 0.0710 e. The van der Waals surface area contributed by atoms with Crippen LogP contribution in [0, 0.1) is 0 Å². The number of para-hydroxylation sites is 1. The third kappa shape index (κ3) is 2.30. The Kier molecular flexibility index (Phi) is 3.12. The number of H-pyrrole nitrogens is 1. The molecule has 2 aromatic carbocycles. The van der Waals surface area contributed by atoms with Crippen LogP contribution < -0.4 is 5.32 Å². The SMILES string of the molecule is Clc1c(CNc2ccc3c(c2)CCC3)[nH]c2ccccc12. The minimum Gasteiger partial charge on any atom is -0.379 e. The molecule has 0 saturated carbocycles. The maximum absolute atomic E-state index is 6.45. The summed E-state index contributed by atoms with van der Waals surface area (Å²) in [6.45, 7) is 0.715. The van der Waals surface area contributed by atoms with Crippen LogP contribution >= 0.6 is 11.6 Å². The van der Waals surface area contributed by atoms with Gasteiger partial charge in [-0.15, -0.1) is 0 Å². The molecule has 0 amide bonds. The fourth-order valence-corrected chi connectivity index (χ4v) is 3.44. The van der Waals surface area contributed by atoms with Crippen molar-refractivity contribution in [2.75, 3.05) is 5.32 Å². The van der Waals surface area contributed by atoms with Crippen LogP contribution in [0.4, 0.5) is 5.69 Å². The number of benzene rings is 2. The van der Waals surface area contributed by atoms with Crippen LogP contribution in [0.3, 0.4) is 0 Å². The van der Waals surface area contributed by atoms with Gasteiger partial charge in [-0.05, 0) is 48.6 Å². The van der Waals surface area contributed by atoms with E-state index in [1.165, 1.54) is 36.1 Å². The van der Waals surface area contributed by atoms with E-state index in [1.807, 2.05) is 18.2 Å². The average Bonchev–Trinajstić information content (AvgIpc) is 3.10. The van der Waals surface area contributed by atoms with E-state index >= 15 is 0 Å². The quantitative estimate of drug-likeness (QED) is 0.705. The van der Waals surface area contributed by atoms with Gasteiger partial charge in [0.15, 0.2) is 0 Å². The molecule has 3 heteroatoms. The lowest BCUT2D eigenvalue weighted by molar-refractivity contribution is 0.912. The van der Waals surface area contributed by atoms with Crippen molar-refractivity contribution in [3.05, 3.63) is 64.3 Å². The highest BCUT2D eigenvalue weighted by Gasteiger charge is 2.12. The Bertz CT molecular complexity index is 804. The zero-order valence-corrected chi connectivity index (χ0v) is 12.5. The molecule has 1 aliphatic carbocycles. The van der Waals surface area contributed by atoms with Crippen LogP contribution in [0.25, 0.3) is 10.9 Å². The molecule has 21 heavy (non-hydrogen) atoms. The molecule has 1 aliphatic rings. The Balaban J connectivity index is 1.57. The largest absolute Gasteiger partial charge is 0.379 e. The van der Waals surface area contributed by atoms with Crippen LogP contribution in [0.15, 0.2) is 42.5 Å². The lowest BCUT2D eigenvalue weighted by Gasteiger charge is -2.08. The van der Waals surface area contributed by atoms with Crippen LogP contribution in [0.2, 0.25) is 5.02 Å². The Morgan fingerprint density at radius 3 is 2.81 bits per heavy atom. The van der Waals surface area contributed by atoms with E-state index in [9.17, 15) is 0 Å². The number of aryl methyl sites for hydroxylation is 2. The number of hydrogen-bond donors (Lipinski definition) is 2. The second-order valence-corrected chi connectivity index (χ2v) is 6.03. The number of nitrogens with one attached hydrogen (secondary N) is 2. The van der Waals surface area contributed by atoms with Crippen molar-refractivity contribution in [1.29, 1.82) is 0 Å². The molecule has 0 spiro atoms. The Morgan fingerprint density at radius 2 is 1.90 bits per heavy atom. The molecule has 0 saturated heterocycles. The Morgan fingerprint density at radius 1 is 1.05 bits per heavy atom. The molecule has 0 atom stereocenters. The first kappa shape index (κ1) is 12.8. The summed E-state index contributed by atoms with van der Waals surface area (Å²) in [5, 5.41) is 5.38. The molecule has 3 aromatic rings. The van der Waals surface area contributed by atoms with Gasteiger partial charge in [0.05, 0.1) is 17.3 Å².